The number of pyridine rings is 1. The molecule has 0 unspecified atom stereocenters. The van der Waals surface area contributed by atoms with E-state index >= 15 is 0 Å². The highest BCUT2D eigenvalue weighted by Gasteiger charge is 2.09. The van der Waals surface area contributed by atoms with Gasteiger partial charge in [0.15, 0.2) is 0 Å². The van der Waals surface area contributed by atoms with Gasteiger partial charge >= 0.3 is 0 Å². The van der Waals surface area contributed by atoms with E-state index in [0.29, 0.717) is 22.5 Å². The fourth-order valence-corrected chi connectivity index (χ4v) is 2.17. The van der Waals surface area contributed by atoms with Crippen molar-refractivity contribution < 1.29 is 9.59 Å². The Bertz CT molecular complexity index is 849. The SMILES string of the molecule is O=C(Nc1cccc(C(=O)Nc2ccncc2)c1)c1ccccc1. The zero-order valence-electron chi connectivity index (χ0n) is 12.8. The topological polar surface area (TPSA) is 71.1 Å². The van der Waals surface area contributed by atoms with Crippen molar-refractivity contribution >= 4 is 23.2 Å². The lowest BCUT2D eigenvalue weighted by atomic mass is 10.1. The van der Waals surface area contributed by atoms with Gasteiger partial charge in [-0.15, -0.1) is 0 Å². The molecule has 0 radical (unpaired) electrons. The molecule has 3 rings (SSSR count). The van der Waals surface area contributed by atoms with Gasteiger partial charge in [0.1, 0.15) is 0 Å². The summed E-state index contributed by atoms with van der Waals surface area (Å²) in [6.07, 6.45) is 3.21. The van der Waals surface area contributed by atoms with E-state index in [-0.39, 0.29) is 11.8 Å². The number of carbonyl (C=O) groups excluding carboxylic acids is 2. The summed E-state index contributed by atoms with van der Waals surface area (Å²) in [7, 11) is 0. The van der Waals surface area contributed by atoms with Crippen molar-refractivity contribution in [2.45, 2.75) is 0 Å². The molecule has 2 aromatic carbocycles. The number of benzene rings is 2. The lowest BCUT2D eigenvalue weighted by Crippen LogP contribution is -2.14. The van der Waals surface area contributed by atoms with E-state index in [1.165, 1.54) is 0 Å². The summed E-state index contributed by atoms with van der Waals surface area (Å²) in [6, 6.07) is 19.1. The third-order valence-corrected chi connectivity index (χ3v) is 3.36. The minimum absolute atomic E-state index is 0.220. The minimum Gasteiger partial charge on any atom is -0.322 e. The Labute approximate surface area is 139 Å². The Balaban J connectivity index is 1.72. The van der Waals surface area contributed by atoms with Crippen molar-refractivity contribution in [1.82, 2.24) is 4.98 Å². The summed E-state index contributed by atoms with van der Waals surface area (Å²) in [5, 5.41) is 5.57. The third-order valence-electron chi connectivity index (χ3n) is 3.36. The smallest absolute Gasteiger partial charge is 0.255 e. The zero-order chi connectivity index (χ0) is 16.8. The van der Waals surface area contributed by atoms with Crippen molar-refractivity contribution in [2.75, 3.05) is 10.6 Å². The van der Waals surface area contributed by atoms with Crippen molar-refractivity contribution in [3.8, 4) is 0 Å². The molecular weight excluding hydrogens is 302 g/mol. The van der Waals surface area contributed by atoms with Crippen molar-refractivity contribution in [3.63, 3.8) is 0 Å². The van der Waals surface area contributed by atoms with Crippen LogP contribution in [0, 0.1) is 0 Å². The highest BCUT2D eigenvalue weighted by atomic mass is 16.2. The van der Waals surface area contributed by atoms with Crippen molar-refractivity contribution in [1.29, 1.82) is 0 Å². The zero-order valence-corrected chi connectivity index (χ0v) is 12.8. The molecule has 0 spiro atoms. The summed E-state index contributed by atoms with van der Waals surface area (Å²) >= 11 is 0. The van der Waals surface area contributed by atoms with Crippen LogP contribution in [0.1, 0.15) is 20.7 Å². The van der Waals surface area contributed by atoms with E-state index in [4.69, 9.17) is 0 Å². The predicted molar refractivity (Wildman–Crippen MR) is 93.0 cm³/mol. The average molecular weight is 317 g/mol. The summed E-state index contributed by atoms with van der Waals surface area (Å²) in [6.45, 7) is 0. The van der Waals surface area contributed by atoms with Crippen LogP contribution in [0.3, 0.4) is 0 Å². The lowest BCUT2D eigenvalue weighted by Gasteiger charge is -2.08. The first-order valence-electron chi connectivity index (χ1n) is 7.40. The maximum absolute atomic E-state index is 12.3. The van der Waals surface area contributed by atoms with Crippen LogP contribution in [0.15, 0.2) is 79.1 Å². The molecule has 118 valence electrons. The Morgan fingerprint density at radius 2 is 1.29 bits per heavy atom. The maximum Gasteiger partial charge on any atom is 0.255 e. The van der Waals surface area contributed by atoms with E-state index in [0.717, 1.165) is 0 Å². The van der Waals surface area contributed by atoms with E-state index < -0.39 is 0 Å². The average Bonchev–Trinajstić information content (AvgIpc) is 2.63. The van der Waals surface area contributed by atoms with E-state index in [2.05, 4.69) is 15.6 Å². The Kier molecular flexibility index (Phi) is 4.62. The van der Waals surface area contributed by atoms with Crippen LogP contribution >= 0.6 is 0 Å². The third kappa shape index (κ3) is 3.84. The highest BCUT2D eigenvalue weighted by molar-refractivity contribution is 6.07. The highest BCUT2D eigenvalue weighted by Crippen LogP contribution is 2.14. The molecule has 0 aliphatic heterocycles. The van der Waals surface area contributed by atoms with E-state index in [1.807, 2.05) is 6.07 Å². The first kappa shape index (κ1) is 15.4. The van der Waals surface area contributed by atoms with Crippen LogP contribution in [0.2, 0.25) is 0 Å². The van der Waals surface area contributed by atoms with Gasteiger partial charge in [0, 0.05) is 34.9 Å². The normalized spacial score (nSPS) is 10.0. The summed E-state index contributed by atoms with van der Waals surface area (Å²) in [5.74, 6) is -0.473. The van der Waals surface area contributed by atoms with Crippen LogP contribution in [0.25, 0.3) is 0 Å². The summed E-state index contributed by atoms with van der Waals surface area (Å²) in [4.78, 5) is 28.3. The van der Waals surface area contributed by atoms with Crippen LogP contribution in [-0.4, -0.2) is 16.8 Å². The molecule has 0 aliphatic rings. The van der Waals surface area contributed by atoms with Crippen LogP contribution < -0.4 is 10.6 Å². The molecule has 2 amide bonds. The van der Waals surface area contributed by atoms with E-state index in [9.17, 15) is 9.59 Å². The molecule has 0 aliphatic carbocycles. The number of amides is 2. The van der Waals surface area contributed by atoms with Crippen molar-refractivity contribution in [3.05, 3.63) is 90.3 Å². The molecule has 0 fully saturated rings. The number of aromatic nitrogens is 1. The molecule has 2 N–H and O–H groups in total. The molecule has 0 saturated heterocycles. The number of hydrogen-bond donors (Lipinski definition) is 2. The molecule has 3 aromatic rings. The van der Waals surface area contributed by atoms with Crippen molar-refractivity contribution in [2.24, 2.45) is 0 Å². The van der Waals surface area contributed by atoms with Crippen LogP contribution in [-0.2, 0) is 0 Å². The second-order valence-electron chi connectivity index (χ2n) is 5.09. The van der Waals surface area contributed by atoms with Gasteiger partial charge < -0.3 is 10.6 Å². The summed E-state index contributed by atoms with van der Waals surface area (Å²) in [5.41, 5.74) is 2.24. The first-order chi connectivity index (χ1) is 11.7. The first-order valence-corrected chi connectivity index (χ1v) is 7.40. The summed E-state index contributed by atoms with van der Waals surface area (Å²) < 4.78 is 0. The Morgan fingerprint density at radius 3 is 2.04 bits per heavy atom. The van der Waals surface area contributed by atoms with Crippen LogP contribution in [0.4, 0.5) is 11.4 Å². The number of hydrogen-bond acceptors (Lipinski definition) is 3. The number of nitrogens with zero attached hydrogens (tertiary/aromatic N) is 1. The minimum atomic E-state index is -0.253. The number of anilines is 2. The predicted octanol–water partition coefficient (Wildman–Crippen LogP) is 3.59. The molecule has 0 saturated carbocycles. The van der Waals surface area contributed by atoms with Gasteiger partial charge in [0.25, 0.3) is 11.8 Å². The Hall–Kier alpha value is -3.47. The van der Waals surface area contributed by atoms with Gasteiger partial charge in [-0.3, -0.25) is 14.6 Å². The molecule has 5 heteroatoms. The van der Waals surface area contributed by atoms with Gasteiger partial charge in [-0.1, -0.05) is 24.3 Å². The largest absolute Gasteiger partial charge is 0.322 e. The molecule has 5 nitrogen and oxygen atoms in total. The fraction of sp³-hybridized carbons (Fsp3) is 0. The Morgan fingerprint density at radius 1 is 0.667 bits per heavy atom. The molecule has 24 heavy (non-hydrogen) atoms. The molecule has 0 atom stereocenters. The molecule has 1 aromatic heterocycles. The monoisotopic (exact) mass is 317 g/mol. The fourth-order valence-electron chi connectivity index (χ4n) is 2.17. The quantitative estimate of drug-likeness (QED) is 0.772. The maximum atomic E-state index is 12.3. The second-order valence-corrected chi connectivity index (χ2v) is 5.09. The lowest BCUT2D eigenvalue weighted by molar-refractivity contribution is 0.101. The number of nitrogens with one attached hydrogen (secondary N) is 2. The van der Waals surface area contributed by atoms with Crippen LogP contribution in [0.5, 0.6) is 0 Å². The number of carbonyl (C=O) groups is 2. The molecule has 1 heterocycles. The van der Waals surface area contributed by atoms with E-state index in [1.54, 1.807) is 73.1 Å². The number of rotatable bonds is 4. The molecule has 0 bridgehead atoms. The van der Waals surface area contributed by atoms with Gasteiger partial charge in [-0.05, 0) is 42.5 Å². The standard InChI is InChI=1S/C19H15N3O2/c23-18(14-5-2-1-3-6-14)22-17-8-4-7-15(13-17)19(24)21-16-9-11-20-12-10-16/h1-13H,(H,22,23)(H,20,21,24). The van der Waals surface area contributed by atoms with Gasteiger partial charge in [-0.2, -0.15) is 0 Å². The van der Waals surface area contributed by atoms with Gasteiger partial charge in [0.05, 0.1) is 0 Å². The van der Waals surface area contributed by atoms with Gasteiger partial charge in [0.2, 0.25) is 0 Å². The second kappa shape index (κ2) is 7.19. The molecular formula is C19H15N3O2. The van der Waals surface area contributed by atoms with Gasteiger partial charge in [-0.25, -0.2) is 0 Å².